The molecule has 1 saturated heterocycles. The highest BCUT2D eigenvalue weighted by atomic mass is 19.3. The number of halogens is 2. The van der Waals surface area contributed by atoms with Crippen molar-refractivity contribution >= 4 is 29.9 Å². The first kappa shape index (κ1) is 24.9. The van der Waals surface area contributed by atoms with E-state index in [0.717, 1.165) is 6.20 Å². The number of nitrogens with one attached hydrogen (secondary N) is 1. The number of hydrogen-bond donors (Lipinski definition) is 2. The first-order valence-corrected chi connectivity index (χ1v) is 11.1. The van der Waals surface area contributed by atoms with E-state index < -0.39 is 31.1 Å². The Morgan fingerprint density at radius 1 is 1.39 bits per heavy atom. The number of urea groups is 1. The molecule has 2 N–H and O–H groups in total. The number of ether oxygens (including phenoxy) is 1. The van der Waals surface area contributed by atoms with Crippen LogP contribution in [0.5, 0.6) is 5.75 Å². The molecule has 2 aliphatic rings. The van der Waals surface area contributed by atoms with Gasteiger partial charge in [-0.15, -0.1) is 0 Å². The first-order chi connectivity index (χ1) is 17.3. The highest BCUT2D eigenvalue weighted by molar-refractivity contribution is 6.01. The molecule has 0 spiro atoms. The second-order valence-electron chi connectivity index (χ2n) is 8.26. The van der Waals surface area contributed by atoms with Crippen LogP contribution in [0.15, 0.2) is 18.3 Å². The van der Waals surface area contributed by atoms with E-state index in [9.17, 15) is 28.3 Å². The Balaban J connectivity index is 1.55. The average Bonchev–Trinajstić information content (AvgIpc) is 3.18. The summed E-state index contributed by atoms with van der Waals surface area (Å²) in [6.45, 7) is -0.142. The van der Waals surface area contributed by atoms with E-state index in [0.29, 0.717) is 49.8 Å². The number of carbonyl (C=O) groups is 3. The van der Waals surface area contributed by atoms with Gasteiger partial charge in [0.25, 0.3) is 12.3 Å². The molecule has 11 nitrogen and oxygen atoms in total. The Hall–Kier alpha value is -4.18. The number of carbonyl (C=O) groups excluding carboxylic acids is 3. The van der Waals surface area contributed by atoms with Gasteiger partial charge in [0.2, 0.25) is 0 Å². The van der Waals surface area contributed by atoms with Crippen molar-refractivity contribution in [1.82, 2.24) is 14.9 Å². The maximum atomic E-state index is 13.0. The van der Waals surface area contributed by atoms with E-state index in [4.69, 9.17) is 10.00 Å². The molecule has 0 aliphatic carbocycles. The van der Waals surface area contributed by atoms with Crippen LogP contribution in [0.25, 0.3) is 0 Å². The first-order valence-electron chi connectivity index (χ1n) is 11.1. The third kappa shape index (κ3) is 5.23. The molecular weight excluding hydrogens is 478 g/mol. The van der Waals surface area contributed by atoms with Crippen molar-refractivity contribution in [2.75, 3.05) is 29.9 Å². The number of pyridine rings is 2. The minimum Gasteiger partial charge on any atom is -0.486 e. The van der Waals surface area contributed by atoms with Crippen molar-refractivity contribution in [2.24, 2.45) is 0 Å². The van der Waals surface area contributed by atoms with Crippen LogP contribution in [-0.2, 0) is 17.8 Å². The molecule has 2 aliphatic heterocycles. The zero-order chi connectivity index (χ0) is 25.8. The highest BCUT2D eigenvalue weighted by Crippen LogP contribution is 2.29. The van der Waals surface area contributed by atoms with Crippen LogP contribution >= 0.6 is 0 Å². The Labute approximate surface area is 204 Å². The predicted molar refractivity (Wildman–Crippen MR) is 121 cm³/mol. The van der Waals surface area contributed by atoms with Crippen LogP contribution in [0.3, 0.4) is 0 Å². The second-order valence-corrected chi connectivity index (χ2v) is 8.26. The van der Waals surface area contributed by atoms with Crippen molar-refractivity contribution in [3.63, 3.8) is 0 Å². The summed E-state index contributed by atoms with van der Waals surface area (Å²) >= 11 is 0. The number of aryl methyl sites for hydroxylation is 1. The summed E-state index contributed by atoms with van der Waals surface area (Å²) in [5, 5.41) is 21.4. The number of amides is 3. The Bertz CT molecular complexity index is 1230. The Morgan fingerprint density at radius 2 is 2.19 bits per heavy atom. The van der Waals surface area contributed by atoms with Crippen LogP contribution in [0.4, 0.5) is 25.2 Å². The van der Waals surface area contributed by atoms with Crippen molar-refractivity contribution in [1.29, 1.82) is 5.26 Å². The zero-order valence-corrected chi connectivity index (χ0v) is 19.0. The number of anilines is 2. The molecule has 1 atom stereocenters. The third-order valence-electron chi connectivity index (χ3n) is 5.85. The van der Waals surface area contributed by atoms with Gasteiger partial charge in [-0.1, -0.05) is 0 Å². The number of rotatable bonds is 7. The van der Waals surface area contributed by atoms with Gasteiger partial charge in [-0.05, 0) is 30.9 Å². The van der Waals surface area contributed by atoms with Gasteiger partial charge < -0.3 is 14.7 Å². The van der Waals surface area contributed by atoms with E-state index in [1.54, 1.807) is 12.1 Å². The number of hydrogen-bond acceptors (Lipinski definition) is 8. The smallest absolute Gasteiger partial charge is 0.328 e. The molecule has 0 radical (unpaired) electrons. The molecule has 0 saturated carbocycles. The molecule has 4 rings (SSSR count). The van der Waals surface area contributed by atoms with Gasteiger partial charge >= 0.3 is 6.03 Å². The molecule has 13 heteroatoms. The van der Waals surface area contributed by atoms with Crippen LogP contribution < -0.4 is 15.0 Å². The van der Waals surface area contributed by atoms with Gasteiger partial charge in [-0.2, -0.15) is 5.26 Å². The van der Waals surface area contributed by atoms with Crippen LogP contribution in [-0.4, -0.2) is 70.4 Å². The number of aromatic nitrogens is 2. The molecule has 4 heterocycles. The maximum absolute atomic E-state index is 13.0. The molecular formula is C23H22F2N6O5. The number of likely N-dealkylation sites (tertiary alicyclic amines) is 1. The van der Waals surface area contributed by atoms with Crippen molar-refractivity contribution in [3.8, 4) is 11.8 Å². The van der Waals surface area contributed by atoms with E-state index in [1.807, 2.05) is 0 Å². The fraction of sp³-hybridized carbons (Fsp3) is 0.391. The molecule has 1 fully saturated rings. The quantitative estimate of drug-likeness (QED) is 0.548. The number of fused-ring (bicyclic) bond motifs is 1. The molecule has 0 bridgehead atoms. The minimum absolute atomic E-state index is 0.0197. The van der Waals surface area contributed by atoms with Gasteiger partial charge in [0.1, 0.15) is 47.4 Å². The number of aliphatic hydroxyl groups excluding tert-OH is 1. The number of aliphatic hydroxyl groups is 1. The molecule has 2 aromatic rings. The second kappa shape index (κ2) is 10.6. The summed E-state index contributed by atoms with van der Waals surface area (Å²) in [5.74, 6) is -0.291. The van der Waals surface area contributed by atoms with Crippen molar-refractivity contribution in [2.45, 2.75) is 38.3 Å². The number of aldehydes is 1. The van der Waals surface area contributed by atoms with E-state index in [1.165, 1.54) is 15.9 Å². The SMILES string of the molecule is N#Cc1cnc(NC(=O)N2CCCc3cc(CN4CC[C@@H](O)C4=O)c(C=O)nc32)cc1OCC(F)F. The fourth-order valence-corrected chi connectivity index (χ4v) is 4.11. The topological polar surface area (TPSA) is 149 Å². The number of nitrogens with zero attached hydrogens (tertiary/aromatic N) is 5. The van der Waals surface area contributed by atoms with Gasteiger partial charge in [0.15, 0.2) is 6.29 Å². The summed E-state index contributed by atoms with van der Waals surface area (Å²) in [6.07, 6.45) is -0.628. The summed E-state index contributed by atoms with van der Waals surface area (Å²) < 4.78 is 30.0. The lowest BCUT2D eigenvalue weighted by Crippen LogP contribution is -2.40. The monoisotopic (exact) mass is 500 g/mol. The highest BCUT2D eigenvalue weighted by Gasteiger charge is 2.31. The van der Waals surface area contributed by atoms with Gasteiger partial charge in [0.05, 0.1) is 6.20 Å². The predicted octanol–water partition coefficient (Wildman–Crippen LogP) is 1.88. The molecule has 36 heavy (non-hydrogen) atoms. The van der Waals surface area contributed by atoms with Gasteiger partial charge in [-0.25, -0.2) is 23.5 Å². The van der Waals surface area contributed by atoms with E-state index >= 15 is 0 Å². The number of alkyl halides is 2. The van der Waals surface area contributed by atoms with Crippen LogP contribution in [0.2, 0.25) is 0 Å². The molecule has 0 unspecified atom stereocenters. The van der Waals surface area contributed by atoms with Crippen LogP contribution in [0.1, 0.15) is 40.0 Å². The summed E-state index contributed by atoms with van der Waals surface area (Å²) in [6, 6.07) is 4.08. The molecule has 3 amide bonds. The lowest BCUT2D eigenvalue weighted by Gasteiger charge is -2.29. The lowest BCUT2D eigenvalue weighted by molar-refractivity contribution is -0.134. The van der Waals surface area contributed by atoms with Crippen LogP contribution in [0, 0.1) is 11.3 Å². The normalized spacial score (nSPS) is 17.1. The Kier molecular flexibility index (Phi) is 7.35. The minimum atomic E-state index is -2.75. The standard InChI is InChI=1S/C23H22F2N6O5/c24-19(25)12-36-18-7-20(27-9-15(18)8-26)29-23(35)31-4-1-2-13-6-14(16(11-32)28-21(13)31)10-30-5-3-17(33)22(30)34/h6-7,9,11,17,19,33H,1-5,10,12H2,(H,27,29,35)/t17-/m1/s1. The van der Waals surface area contributed by atoms with E-state index in [-0.39, 0.29) is 35.2 Å². The number of nitriles is 1. The summed E-state index contributed by atoms with van der Waals surface area (Å²) in [5.41, 5.74) is 1.23. The van der Waals surface area contributed by atoms with E-state index in [2.05, 4.69) is 15.3 Å². The molecule has 0 aromatic carbocycles. The Morgan fingerprint density at radius 3 is 2.86 bits per heavy atom. The van der Waals surface area contributed by atoms with Crippen molar-refractivity contribution in [3.05, 3.63) is 40.7 Å². The zero-order valence-electron chi connectivity index (χ0n) is 19.0. The summed E-state index contributed by atoms with van der Waals surface area (Å²) in [4.78, 5) is 48.0. The summed E-state index contributed by atoms with van der Waals surface area (Å²) in [7, 11) is 0. The fourth-order valence-electron chi connectivity index (χ4n) is 4.11. The largest absolute Gasteiger partial charge is 0.486 e. The maximum Gasteiger partial charge on any atom is 0.328 e. The molecule has 2 aromatic heterocycles. The average molecular weight is 500 g/mol. The van der Waals surface area contributed by atoms with Gasteiger partial charge in [0, 0.05) is 31.3 Å². The lowest BCUT2D eigenvalue weighted by atomic mass is 10.0. The van der Waals surface area contributed by atoms with Gasteiger partial charge in [-0.3, -0.25) is 19.8 Å². The molecule has 188 valence electrons. The van der Waals surface area contributed by atoms with Crippen molar-refractivity contribution < 1.29 is 33.0 Å². The third-order valence-corrected chi connectivity index (χ3v) is 5.85.